The monoisotopic (exact) mass is 290 g/mol. The van der Waals surface area contributed by atoms with E-state index in [-0.39, 0.29) is 0 Å². The molecule has 1 aromatic heterocycles. The van der Waals surface area contributed by atoms with Gasteiger partial charge in [0.2, 0.25) is 5.95 Å². The maximum Gasteiger partial charge on any atom is 0.225 e. The van der Waals surface area contributed by atoms with E-state index in [1.807, 2.05) is 6.92 Å². The van der Waals surface area contributed by atoms with Crippen molar-refractivity contribution in [2.45, 2.75) is 51.5 Å². The van der Waals surface area contributed by atoms with Gasteiger partial charge in [-0.25, -0.2) is 4.98 Å². The van der Waals surface area contributed by atoms with E-state index in [0.29, 0.717) is 6.04 Å². The number of nitrogens with zero attached hydrogens (tertiary/aromatic N) is 3. The van der Waals surface area contributed by atoms with E-state index in [0.717, 1.165) is 43.8 Å². The predicted molar refractivity (Wildman–Crippen MR) is 84.9 cm³/mol. The number of aromatic nitrogens is 2. The van der Waals surface area contributed by atoms with Crippen LogP contribution in [0.4, 0.5) is 11.8 Å². The van der Waals surface area contributed by atoms with Gasteiger partial charge in [-0.2, -0.15) is 4.98 Å². The summed E-state index contributed by atoms with van der Waals surface area (Å²) in [6.07, 6.45) is 7.85. The number of ether oxygens (including phenoxy) is 1. The van der Waals surface area contributed by atoms with Crippen molar-refractivity contribution < 1.29 is 4.74 Å². The summed E-state index contributed by atoms with van der Waals surface area (Å²) in [5, 5.41) is 3.56. The Balaban J connectivity index is 1.70. The number of nitrogens with one attached hydrogen (secondary N) is 1. The summed E-state index contributed by atoms with van der Waals surface area (Å²) in [4.78, 5) is 11.6. The third-order valence-corrected chi connectivity index (χ3v) is 4.36. The second kappa shape index (κ2) is 7.07. The molecular weight excluding hydrogens is 264 g/mol. The summed E-state index contributed by atoms with van der Waals surface area (Å²) in [5.41, 5.74) is 1.03. The zero-order valence-corrected chi connectivity index (χ0v) is 13.0. The molecule has 3 rings (SSSR count). The summed E-state index contributed by atoms with van der Waals surface area (Å²) in [5.74, 6) is 1.82. The molecule has 1 N–H and O–H groups in total. The molecular formula is C16H26N4O. The van der Waals surface area contributed by atoms with Crippen molar-refractivity contribution in [2.24, 2.45) is 0 Å². The Morgan fingerprint density at radius 3 is 2.52 bits per heavy atom. The molecule has 0 aromatic carbocycles. The molecule has 0 amide bonds. The molecule has 2 aliphatic rings. The Bertz CT molecular complexity index is 452. The van der Waals surface area contributed by atoms with Crippen LogP contribution in [0.15, 0.2) is 6.07 Å². The average molecular weight is 290 g/mol. The van der Waals surface area contributed by atoms with Gasteiger partial charge in [-0.05, 0) is 19.8 Å². The minimum Gasteiger partial charge on any atom is -0.378 e. The van der Waals surface area contributed by atoms with Crippen LogP contribution in [-0.4, -0.2) is 42.3 Å². The highest BCUT2D eigenvalue weighted by Crippen LogP contribution is 2.21. The molecule has 0 atom stereocenters. The second-order valence-corrected chi connectivity index (χ2v) is 6.12. The molecule has 5 nitrogen and oxygen atoms in total. The van der Waals surface area contributed by atoms with Gasteiger partial charge in [0, 0.05) is 30.9 Å². The van der Waals surface area contributed by atoms with E-state index >= 15 is 0 Å². The number of aryl methyl sites for hydroxylation is 1. The number of hydrogen-bond donors (Lipinski definition) is 1. The SMILES string of the molecule is Cc1cc(N2CCOCC2)nc(NC2CCCCCC2)n1. The van der Waals surface area contributed by atoms with Crippen LogP contribution in [0.3, 0.4) is 0 Å². The van der Waals surface area contributed by atoms with E-state index in [2.05, 4.69) is 21.3 Å². The Labute approximate surface area is 127 Å². The fourth-order valence-corrected chi connectivity index (χ4v) is 3.18. The van der Waals surface area contributed by atoms with Crippen molar-refractivity contribution in [3.05, 3.63) is 11.8 Å². The first-order chi connectivity index (χ1) is 10.3. The zero-order chi connectivity index (χ0) is 14.5. The van der Waals surface area contributed by atoms with Crippen molar-refractivity contribution in [3.63, 3.8) is 0 Å². The first-order valence-electron chi connectivity index (χ1n) is 8.26. The third-order valence-electron chi connectivity index (χ3n) is 4.36. The molecule has 1 aliphatic heterocycles. The molecule has 0 spiro atoms. The lowest BCUT2D eigenvalue weighted by molar-refractivity contribution is 0.122. The standard InChI is InChI=1S/C16H26N4O/c1-13-12-15(20-8-10-21-11-9-20)19-16(17-13)18-14-6-4-2-3-5-7-14/h12,14H,2-11H2,1H3,(H,17,18,19). The third kappa shape index (κ3) is 4.06. The Hall–Kier alpha value is -1.36. The summed E-state index contributed by atoms with van der Waals surface area (Å²) in [6, 6.07) is 2.61. The molecule has 2 fully saturated rings. The summed E-state index contributed by atoms with van der Waals surface area (Å²) in [7, 11) is 0. The van der Waals surface area contributed by atoms with Crippen LogP contribution in [0.2, 0.25) is 0 Å². The fourth-order valence-electron chi connectivity index (χ4n) is 3.18. The predicted octanol–water partition coefficient (Wildman–Crippen LogP) is 2.76. The second-order valence-electron chi connectivity index (χ2n) is 6.12. The van der Waals surface area contributed by atoms with E-state index in [9.17, 15) is 0 Å². The Morgan fingerprint density at radius 1 is 1.10 bits per heavy atom. The maximum absolute atomic E-state index is 5.42. The molecule has 0 unspecified atom stereocenters. The first-order valence-corrected chi connectivity index (χ1v) is 8.26. The molecule has 1 saturated carbocycles. The van der Waals surface area contributed by atoms with Crippen LogP contribution in [-0.2, 0) is 4.74 Å². The smallest absolute Gasteiger partial charge is 0.225 e. The molecule has 1 aliphatic carbocycles. The maximum atomic E-state index is 5.42. The van der Waals surface area contributed by atoms with Gasteiger partial charge in [-0.15, -0.1) is 0 Å². The highest BCUT2D eigenvalue weighted by Gasteiger charge is 2.16. The normalized spacial score (nSPS) is 21.1. The highest BCUT2D eigenvalue weighted by atomic mass is 16.5. The average Bonchev–Trinajstić information content (AvgIpc) is 2.76. The molecule has 5 heteroatoms. The van der Waals surface area contributed by atoms with Crippen molar-refractivity contribution in [3.8, 4) is 0 Å². The lowest BCUT2D eigenvalue weighted by Gasteiger charge is -2.28. The molecule has 1 aromatic rings. The molecule has 2 heterocycles. The highest BCUT2D eigenvalue weighted by molar-refractivity contribution is 5.45. The van der Waals surface area contributed by atoms with Crippen molar-refractivity contribution in [1.29, 1.82) is 0 Å². The van der Waals surface area contributed by atoms with Crippen LogP contribution in [0, 0.1) is 6.92 Å². The minimum atomic E-state index is 0.534. The van der Waals surface area contributed by atoms with E-state index in [1.165, 1.54) is 38.5 Å². The Morgan fingerprint density at radius 2 is 1.81 bits per heavy atom. The van der Waals surface area contributed by atoms with E-state index in [1.54, 1.807) is 0 Å². The van der Waals surface area contributed by atoms with Gasteiger partial charge in [0.05, 0.1) is 13.2 Å². The first kappa shape index (κ1) is 14.6. The van der Waals surface area contributed by atoms with Gasteiger partial charge in [-0.3, -0.25) is 0 Å². The zero-order valence-electron chi connectivity index (χ0n) is 13.0. The van der Waals surface area contributed by atoms with Gasteiger partial charge in [0.1, 0.15) is 5.82 Å². The quantitative estimate of drug-likeness (QED) is 0.868. The van der Waals surface area contributed by atoms with Crippen LogP contribution >= 0.6 is 0 Å². The van der Waals surface area contributed by atoms with Gasteiger partial charge >= 0.3 is 0 Å². The topological polar surface area (TPSA) is 50.3 Å². The largest absolute Gasteiger partial charge is 0.378 e. The molecule has 21 heavy (non-hydrogen) atoms. The lowest BCUT2D eigenvalue weighted by atomic mass is 10.1. The van der Waals surface area contributed by atoms with Crippen molar-refractivity contribution in [2.75, 3.05) is 36.5 Å². The van der Waals surface area contributed by atoms with Crippen molar-refractivity contribution in [1.82, 2.24) is 9.97 Å². The molecule has 0 bridgehead atoms. The minimum absolute atomic E-state index is 0.534. The lowest BCUT2D eigenvalue weighted by Crippen LogP contribution is -2.37. The van der Waals surface area contributed by atoms with Crippen LogP contribution in [0.5, 0.6) is 0 Å². The van der Waals surface area contributed by atoms with Crippen LogP contribution in [0.1, 0.15) is 44.2 Å². The van der Waals surface area contributed by atoms with Gasteiger partial charge in [-0.1, -0.05) is 25.7 Å². The fraction of sp³-hybridized carbons (Fsp3) is 0.750. The number of anilines is 2. The molecule has 0 radical (unpaired) electrons. The Kier molecular flexibility index (Phi) is 4.91. The number of hydrogen-bond acceptors (Lipinski definition) is 5. The molecule has 1 saturated heterocycles. The number of rotatable bonds is 3. The number of morpholine rings is 1. The van der Waals surface area contributed by atoms with Crippen LogP contribution in [0.25, 0.3) is 0 Å². The van der Waals surface area contributed by atoms with Crippen LogP contribution < -0.4 is 10.2 Å². The van der Waals surface area contributed by atoms with Crippen molar-refractivity contribution >= 4 is 11.8 Å². The summed E-state index contributed by atoms with van der Waals surface area (Å²) < 4.78 is 5.42. The van der Waals surface area contributed by atoms with E-state index < -0.39 is 0 Å². The van der Waals surface area contributed by atoms with E-state index in [4.69, 9.17) is 9.72 Å². The van der Waals surface area contributed by atoms with Gasteiger partial charge in [0.15, 0.2) is 0 Å². The van der Waals surface area contributed by atoms with Gasteiger partial charge < -0.3 is 15.0 Å². The summed E-state index contributed by atoms with van der Waals surface area (Å²) >= 11 is 0. The summed E-state index contributed by atoms with van der Waals surface area (Å²) in [6.45, 7) is 5.45. The van der Waals surface area contributed by atoms with Gasteiger partial charge in [0.25, 0.3) is 0 Å². The molecule has 116 valence electrons.